The smallest absolute Gasteiger partial charge is 0.331 e. The number of nitrogens with one attached hydrogen (secondary N) is 1. The van der Waals surface area contributed by atoms with E-state index < -0.39 is 0 Å². The second kappa shape index (κ2) is 9.70. The fraction of sp³-hybridized carbons (Fsp3) is 0.207. The topological polar surface area (TPSA) is 73.8 Å². The lowest BCUT2D eigenvalue weighted by Crippen LogP contribution is -2.38. The van der Waals surface area contributed by atoms with E-state index >= 15 is 0 Å². The number of hydrogen-bond acceptors (Lipinski definition) is 4. The van der Waals surface area contributed by atoms with Crippen LogP contribution in [0.25, 0.3) is 22.0 Å². The Kier molecular flexibility index (Phi) is 6.29. The van der Waals surface area contributed by atoms with Gasteiger partial charge in [-0.2, -0.15) is 0 Å². The second-order valence-corrected chi connectivity index (χ2v) is 9.44. The van der Waals surface area contributed by atoms with Crippen molar-refractivity contribution in [3.05, 3.63) is 112 Å². The number of nitrogens with zero attached hydrogens (tertiary/aromatic N) is 4. The summed E-state index contributed by atoms with van der Waals surface area (Å²) >= 11 is 0. The largest absolute Gasteiger partial charge is 0.341 e. The zero-order valence-electron chi connectivity index (χ0n) is 20.7. The van der Waals surface area contributed by atoms with Gasteiger partial charge in [0.15, 0.2) is 0 Å². The molecule has 3 heterocycles. The van der Waals surface area contributed by atoms with E-state index in [2.05, 4.69) is 48.4 Å². The molecule has 0 unspecified atom stereocenters. The molecular formula is C29H29N5O2. The van der Waals surface area contributed by atoms with Crippen molar-refractivity contribution in [3.8, 4) is 11.1 Å². The van der Waals surface area contributed by atoms with Crippen LogP contribution < -0.4 is 16.6 Å². The Bertz CT molecular complexity index is 1610. The number of fused-ring (bicyclic) bond motifs is 1. The maximum absolute atomic E-state index is 13.4. The van der Waals surface area contributed by atoms with Gasteiger partial charge in [-0.25, -0.2) is 4.79 Å². The SMILES string of the molecule is CC(C)Cn1c(=O)n(C)c(=O)c2c(Nc3ccccc3)n(Cc3ccc(-c4ccncc4)cc3)cc21. The quantitative estimate of drug-likeness (QED) is 0.356. The molecule has 2 aromatic carbocycles. The molecule has 36 heavy (non-hydrogen) atoms. The van der Waals surface area contributed by atoms with Gasteiger partial charge >= 0.3 is 5.69 Å². The molecule has 3 aromatic heterocycles. The van der Waals surface area contributed by atoms with Gasteiger partial charge in [-0.15, -0.1) is 0 Å². The molecule has 182 valence electrons. The average Bonchev–Trinajstić information content (AvgIpc) is 3.24. The molecule has 5 rings (SSSR count). The fourth-order valence-corrected chi connectivity index (χ4v) is 4.50. The molecule has 0 fully saturated rings. The van der Waals surface area contributed by atoms with Crippen molar-refractivity contribution in [2.75, 3.05) is 5.32 Å². The Morgan fingerprint density at radius 3 is 2.22 bits per heavy atom. The van der Waals surface area contributed by atoms with Gasteiger partial charge in [-0.1, -0.05) is 56.3 Å². The van der Waals surface area contributed by atoms with E-state index in [0.717, 1.165) is 22.4 Å². The molecule has 0 amide bonds. The van der Waals surface area contributed by atoms with Crippen LogP contribution in [0.1, 0.15) is 19.4 Å². The van der Waals surface area contributed by atoms with Gasteiger partial charge in [0.05, 0.1) is 5.52 Å². The fourth-order valence-electron chi connectivity index (χ4n) is 4.50. The van der Waals surface area contributed by atoms with E-state index in [9.17, 15) is 9.59 Å². The van der Waals surface area contributed by atoms with Gasteiger partial charge in [0, 0.05) is 44.4 Å². The summed E-state index contributed by atoms with van der Waals surface area (Å²) in [6.07, 6.45) is 5.49. The number of benzene rings is 2. The molecule has 1 N–H and O–H groups in total. The Hall–Kier alpha value is -4.39. The van der Waals surface area contributed by atoms with Gasteiger partial charge in [0.25, 0.3) is 5.56 Å². The molecular weight excluding hydrogens is 450 g/mol. The van der Waals surface area contributed by atoms with E-state index in [1.54, 1.807) is 24.0 Å². The summed E-state index contributed by atoms with van der Waals surface area (Å²) in [6, 6.07) is 22.1. The maximum Gasteiger partial charge on any atom is 0.331 e. The van der Waals surface area contributed by atoms with Crippen LogP contribution in [-0.4, -0.2) is 18.7 Å². The number of hydrogen-bond donors (Lipinski definition) is 1. The highest BCUT2D eigenvalue weighted by Crippen LogP contribution is 2.28. The Balaban J connectivity index is 1.64. The summed E-state index contributed by atoms with van der Waals surface area (Å²) in [5.41, 5.74) is 4.21. The van der Waals surface area contributed by atoms with E-state index in [-0.39, 0.29) is 17.2 Å². The molecule has 0 aliphatic carbocycles. The predicted octanol–water partition coefficient (Wildman–Crippen LogP) is 5.01. The maximum atomic E-state index is 13.4. The highest BCUT2D eigenvalue weighted by Gasteiger charge is 2.20. The molecule has 7 heteroatoms. The molecule has 7 nitrogen and oxygen atoms in total. The standard InChI is InChI=1S/C29H29N5O2/c1-20(2)17-34-25-19-33(18-21-9-11-22(12-10-21)23-13-15-30-16-14-23)27(31-24-7-5-4-6-8-24)26(25)28(35)32(3)29(34)36/h4-16,19-20,31H,17-18H2,1-3H3. The third-order valence-electron chi connectivity index (χ3n) is 6.29. The van der Waals surface area contributed by atoms with Crippen LogP contribution >= 0.6 is 0 Å². The summed E-state index contributed by atoms with van der Waals surface area (Å²) in [5, 5.41) is 3.96. The van der Waals surface area contributed by atoms with Gasteiger partial charge in [0.1, 0.15) is 11.2 Å². The first kappa shape index (κ1) is 23.4. The van der Waals surface area contributed by atoms with Crippen molar-refractivity contribution in [2.45, 2.75) is 26.9 Å². The van der Waals surface area contributed by atoms with Crippen LogP contribution in [0, 0.1) is 5.92 Å². The van der Waals surface area contributed by atoms with E-state index in [1.807, 2.05) is 53.2 Å². The van der Waals surface area contributed by atoms with Gasteiger partial charge in [-0.3, -0.25) is 18.9 Å². The lowest BCUT2D eigenvalue weighted by atomic mass is 10.1. The molecule has 0 saturated carbocycles. The summed E-state index contributed by atoms with van der Waals surface area (Å²) in [7, 11) is 1.54. The van der Waals surface area contributed by atoms with Crippen LogP contribution in [0.15, 0.2) is 94.9 Å². The number of anilines is 2. The summed E-state index contributed by atoms with van der Waals surface area (Å²) in [5.74, 6) is 0.922. The van der Waals surface area contributed by atoms with Crippen LogP contribution in [0.4, 0.5) is 11.5 Å². The minimum atomic E-state index is -0.305. The number of para-hydroxylation sites is 1. The first-order valence-corrected chi connectivity index (χ1v) is 12.1. The Labute approximate surface area is 209 Å². The average molecular weight is 480 g/mol. The molecule has 5 aromatic rings. The van der Waals surface area contributed by atoms with Gasteiger partial charge in [-0.05, 0) is 46.9 Å². The highest BCUT2D eigenvalue weighted by molar-refractivity contribution is 5.92. The van der Waals surface area contributed by atoms with Crippen molar-refractivity contribution in [1.29, 1.82) is 0 Å². The van der Waals surface area contributed by atoms with Crippen LogP contribution in [0.3, 0.4) is 0 Å². The summed E-state index contributed by atoms with van der Waals surface area (Å²) < 4.78 is 4.94. The molecule has 0 atom stereocenters. The van der Waals surface area contributed by atoms with Crippen LogP contribution in [0.5, 0.6) is 0 Å². The van der Waals surface area contributed by atoms with Crippen molar-refractivity contribution in [1.82, 2.24) is 18.7 Å². The summed E-state index contributed by atoms with van der Waals surface area (Å²) in [4.78, 5) is 30.5. The molecule has 0 aliphatic heterocycles. The van der Waals surface area contributed by atoms with Crippen LogP contribution in [-0.2, 0) is 20.1 Å². The van der Waals surface area contributed by atoms with Crippen molar-refractivity contribution >= 4 is 22.4 Å². The Morgan fingerprint density at radius 2 is 1.56 bits per heavy atom. The van der Waals surface area contributed by atoms with E-state index in [0.29, 0.717) is 29.8 Å². The number of rotatable bonds is 7. The second-order valence-electron chi connectivity index (χ2n) is 9.44. The summed E-state index contributed by atoms with van der Waals surface area (Å²) in [6.45, 7) is 5.19. The minimum absolute atomic E-state index is 0.248. The zero-order valence-corrected chi connectivity index (χ0v) is 20.7. The molecule has 0 radical (unpaired) electrons. The van der Waals surface area contributed by atoms with Crippen molar-refractivity contribution < 1.29 is 0 Å². The third-order valence-corrected chi connectivity index (χ3v) is 6.29. The van der Waals surface area contributed by atoms with Crippen molar-refractivity contribution in [2.24, 2.45) is 13.0 Å². The van der Waals surface area contributed by atoms with E-state index in [4.69, 9.17) is 0 Å². The number of aromatic nitrogens is 4. The highest BCUT2D eigenvalue weighted by atomic mass is 16.2. The Morgan fingerprint density at radius 1 is 0.889 bits per heavy atom. The minimum Gasteiger partial charge on any atom is -0.341 e. The molecule has 0 aliphatic rings. The van der Waals surface area contributed by atoms with Crippen LogP contribution in [0.2, 0.25) is 0 Å². The number of pyridine rings is 1. The van der Waals surface area contributed by atoms with Gasteiger partial charge in [0.2, 0.25) is 0 Å². The normalized spacial score (nSPS) is 11.3. The lowest BCUT2D eigenvalue weighted by Gasteiger charge is -2.13. The van der Waals surface area contributed by atoms with Crippen molar-refractivity contribution in [3.63, 3.8) is 0 Å². The zero-order chi connectivity index (χ0) is 25.2. The monoisotopic (exact) mass is 479 g/mol. The first-order chi connectivity index (χ1) is 17.4. The van der Waals surface area contributed by atoms with Gasteiger partial charge < -0.3 is 9.88 Å². The molecule has 0 bridgehead atoms. The predicted molar refractivity (Wildman–Crippen MR) is 145 cm³/mol. The molecule has 0 saturated heterocycles. The first-order valence-electron chi connectivity index (χ1n) is 12.1. The lowest BCUT2D eigenvalue weighted by molar-refractivity contribution is 0.502. The third kappa shape index (κ3) is 4.47. The molecule has 0 spiro atoms. The van der Waals surface area contributed by atoms with E-state index in [1.165, 1.54) is 4.57 Å².